The number of nitrogens with one attached hydrogen (secondary N) is 1. The SMILES string of the molecule is Cc1c(NN)nc(C(C)(C)C)nc1OCCc1cccs1. The molecule has 3 N–H and O–H groups in total. The minimum atomic E-state index is -0.162. The highest BCUT2D eigenvalue weighted by molar-refractivity contribution is 7.09. The summed E-state index contributed by atoms with van der Waals surface area (Å²) in [5, 5.41) is 2.07. The summed E-state index contributed by atoms with van der Waals surface area (Å²) in [6.45, 7) is 8.68. The van der Waals surface area contributed by atoms with Crippen LogP contribution in [0.25, 0.3) is 0 Å². The predicted molar refractivity (Wildman–Crippen MR) is 86.8 cm³/mol. The molecule has 0 aliphatic heterocycles. The number of nitrogen functional groups attached to an aromatic ring is 1. The molecule has 0 fully saturated rings. The number of hydrogen-bond donors (Lipinski definition) is 2. The van der Waals surface area contributed by atoms with Gasteiger partial charge in [-0.3, -0.25) is 0 Å². The van der Waals surface area contributed by atoms with Crippen molar-refractivity contribution in [3.05, 3.63) is 33.8 Å². The molecule has 0 aromatic carbocycles. The van der Waals surface area contributed by atoms with Crippen LogP contribution >= 0.6 is 11.3 Å². The van der Waals surface area contributed by atoms with Crippen molar-refractivity contribution in [2.45, 2.75) is 39.5 Å². The summed E-state index contributed by atoms with van der Waals surface area (Å²) in [5.41, 5.74) is 3.29. The number of hydrogen-bond acceptors (Lipinski definition) is 6. The van der Waals surface area contributed by atoms with Gasteiger partial charge in [0.05, 0.1) is 12.2 Å². The molecule has 0 atom stereocenters. The van der Waals surface area contributed by atoms with E-state index in [2.05, 4.69) is 47.6 Å². The van der Waals surface area contributed by atoms with E-state index in [1.165, 1.54) is 4.88 Å². The van der Waals surface area contributed by atoms with Gasteiger partial charge < -0.3 is 10.2 Å². The fraction of sp³-hybridized carbons (Fsp3) is 0.467. The van der Waals surface area contributed by atoms with Crippen LogP contribution < -0.4 is 16.0 Å². The quantitative estimate of drug-likeness (QED) is 0.656. The number of anilines is 1. The minimum Gasteiger partial charge on any atom is -0.477 e. The molecule has 0 aliphatic carbocycles. The topological polar surface area (TPSA) is 73.1 Å². The summed E-state index contributed by atoms with van der Waals surface area (Å²) in [4.78, 5) is 10.3. The van der Waals surface area contributed by atoms with Gasteiger partial charge in [0.25, 0.3) is 0 Å². The van der Waals surface area contributed by atoms with Gasteiger partial charge in [-0.25, -0.2) is 10.8 Å². The molecule has 0 amide bonds. The van der Waals surface area contributed by atoms with Crippen LogP contribution in [0.2, 0.25) is 0 Å². The Morgan fingerprint density at radius 3 is 2.67 bits per heavy atom. The third-order valence-electron chi connectivity index (χ3n) is 3.08. The minimum absolute atomic E-state index is 0.162. The fourth-order valence-electron chi connectivity index (χ4n) is 1.82. The number of nitrogens with zero attached hydrogens (tertiary/aromatic N) is 2. The molecular formula is C15H22N4OS. The van der Waals surface area contributed by atoms with Gasteiger partial charge in [-0.15, -0.1) is 11.3 Å². The summed E-state index contributed by atoms with van der Waals surface area (Å²) in [6.07, 6.45) is 0.872. The molecule has 6 heteroatoms. The highest BCUT2D eigenvalue weighted by Gasteiger charge is 2.21. The predicted octanol–water partition coefficient (Wildman–Crippen LogP) is 3.05. The molecule has 0 bridgehead atoms. The van der Waals surface area contributed by atoms with E-state index in [1.807, 2.05) is 13.0 Å². The number of nitrogens with two attached hydrogens (primary N) is 1. The lowest BCUT2D eigenvalue weighted by Gasteiger charge is -2.20. The first-order valence-corrected chi connectivity index (χ1v) is 7.80. The van der Waals surface area contributed by atoms with Crippen molar-refractivity contribution in [3.63, 3.8) is 0 Å². The van der Waals surface area contributed by atoms with Crippen LogP contribution in [0.4, 0.5) is 5.82 Å². The molecule has 2 aromatic rings. The summed E-state index contributed by atoms with van der Waals surface area (Å²) < 4.78 is 5.85. The first-order chi connectivity index (χ1) is 9.91. The van der Waals surface area contributed by atoms with Gasteiger partial charge in [-0.2, -0.15) is 4.98 Å². The standard InChI is InChI=1S/C15H22N4OS/c1-10-12(19-16)17-14(15(2,3)4)18-13(10)20-8-7-11-6-5-9-21-11/h5-6,9H,7-8,16H2,1-4H3,(H,17,18,19). The van der Waals surface area contributed by atoms with Crippen LogP contribution in [0.1, 0.15) is 37.0 Å². The van der Waals surface area contributed by atoms with Crippen molar-refractivity contribution in [2.24, 2.45) is 5.84 Å². The van der Waals surface area contributed by atoms with E-state index in [9.17, 15) is 0 Å². The Kier molecular flexibility index (Phi) is 4.80. The van der Waals surface area contributed by atoms with Gasteiger partial charge in [0.1, 0.15) is 5.82 Å². The van der Waals surface area contributed by atoms with Gasteiger partial charge in [-0.1, -0.05) is 26.8 Å². The molecule has 114 valence electrons. The number of thiophene rings is 1. The first kappa shape index (κ1) is 15.7. The van der Waals surface area contributed by atoms with E-state index in [1.54, 1.807) is 11.3 Å². The maximum absolute atomic E-state index is 5.85. The van der Waals surface area contributed by atoms with Crippen molar-refractivity contribution in [1.82, 2.24) is 9.97 Å². The molecule has 0 saturated heterocycles. The maximum atomic E-state index is 5.85. The van der Waals surface area contributed by atoms with Crippen LogP contribution in [-0.2, 0) is 11.8 Å². The molecule has 2 aromatic heterocycles. The normalized spacial score (nSPS) is 11.5. The van der Waals surface area contributed by atoms with Crippen LogP contribution in [0.3, 0.4) is 0 Å². The first-order valence-electron chi connectivity index (χ1n) is 6.92. The second-order valence-electron chi connectivity index (χ2n) is 5.90. The average Bonchev–Trinajstić information content (AvgIpc) is 2.92. The Morgan fingerprint density at radius 1 is 1.33 bits per heavy atom. The van der Waals surface area contributed by atoms with E-state index in [0.29, 0.717) is 24.1 Å². The number of ether oxygens (including phenoxy) is 1. The molecule has 21 heavy (non-hydrogen) atoms. The van der Waals surface area contributed by atoms with Gasteiger partial charge in [0, 0.05) is 16.7 Å². The second kappa shape index (κ2) is 6.41. The van der Waals surface area contributed by atoms with Crippen molar-refractivity contribution in [3.8, 4) is 5.88 Å². The Bertz CT molecular complexity index is 590. The largest absolute Gasteiger partial charge is 0.477 e. The highest BCUT2D eigenvalue weighted by atomic mass is 32.1. The van der Waals surface area contributed by atoms with E-state index in [4.69, 9.17) is 10.6 Å². The van der Waals surface area contributed by atoms with Crippen LogP contribution in [-0.4, -0.2) is 16.6 Å². The summed E-state index contributed by atoms with van der Waals surface area (Å²) in [5.74, 6) is 7.47. The van der Waals surface area contributed by atoms with Crippen molar-refractivity contribution in [2.75, 3.05) is 12.0 Å². The Balaban J connectivity index is 2.17. The smallest absolute Gasteiger partial charge is 0.221 e. The maximum Gasteiger partial charge on any atom is 0.221 e. The van der Waals surface area contributed by atoms with E-state index in [0.717, 1.165) is 12.0 Å². The van der Waals surface area contributed by atoms with Gasteiger partial charge in [0.15, 0.2) is 5.82 Å². The molecule has 0 aliphatic rings. The molecule has 0 saturated carbocycles. The molecular weight excluding hydrogens is 284 g/mol. The Morgan fingerprint density at radius 2 is 2.10 bits per heavy atom. The van der Waals surface area contributed by atoms with Crippen molar-refractivity contribution >= 4 is 17.2 Å². The Hall–Kier alpha value is -1.66. The molecule has 2 rings (SSSR count). The zero-order valence-electron chi connectivity index (χ0n) is 12.9. The Labute approximate surface area is 129 Å². The van der Waals surface area contributed by atoms with Crippen molar-refractivity contribution < 1.29 is 4.74 Å². The molecule has 2 heterocycles. The van der Waals surface area contributed by atoms with Gasteiger partial charge in [0.2, 0.25) is 5.88 Å². The zero-order valence-corrected chi connectivity index (χ0v) is 13.8. The third-order valence-corrected chi connectivity index (χ3v) is 4.01. The number of hydrazine groups is 1. The van der Waals surface area contributed by atoms with Crippen LogP contribution in [0.15, 0.2) is 17.5 Å². The second-order valence-corrected chi connectivity index (χ2v) is 6.93. The third kappa shape index (κ3) is 3.92. The highest BCUT2D eigenvalue weighted by Crippen LogP contribution is 2.27. The molecule has 0 spiro atoms. The average molecular weight is 306 g/mol. The number of aromatic nitrogens is 2. The van der Waals surface area contributed by atoms with E-state index < -0.39 is 0 Å². The van der Waals surface area contributed by atoms with Crippen LogP contribution in [0, 0.1) is 6.92 Å². The van der Waals surface area contributed by atoms with E-state index >= 15 is 0 Å². The van der Waals surface area contributed by atoms with Gasteiger partial charge >= 0.3 is 0 Å². The van der Waals surface area contributed by atoms with Gasteiger partial charge in [-0.05, 0) is 18.4 Å². The summed E-state index contributed by atoms with van der Waals surface area (Å²) >= 11 is 1.73. The lowest BCUT2D eigenvalue weighted by atomic mass is 9.95. The van der Waals surface area contributed by atoms with Crippen LogP contribution in [0.5, 0.6) is 5.88 Å². The van der Waals surface area contributed by atoms with Crippen molar-refractivity contribution in [1.29, 1.82) is 0 Å². The van der Waals surface area contributed by atoms with E-state index in [-0.39, 0.29) is 5.41 Å². The monoisotopic (exact) mass is 306 g/mol. The summed E-state index contributed by atoms with van der Waals surface area (Å²) in [7, 11) is 0. The molecule has 0 radical (unpaired) electrons. The lowest BCUT2D eigenvalue weighted by molar-refractivity contribution is 0.304. The fourth-order valence-corrected chi connectivity index (χ4v) is 2.51. The molecule has 5 nitrogen and oxygen atoms in total. The summed E-state index contributed by atoms with van der Waals surface area (Å²) in [6, 6.07) is 4.15. The molecule has 0 unspecified atom stereocenters. The lowest BCUT2D eigenvalue weighted by Crippen LogP contribution is -2.21. The number of rotatable bonds is 5. The zero-order chi connectivity index (χ0) is 15.5.